The molecule has 0 fully saturated rings. The van der Waals surface area contributed by atoms with Crippen LogP contribution in [0.15, 0.2) is 40.2 Å². The number of thiophene rings is 1. The highest BCUT2D eigenvalue weighted by atomic mass is 79.9. The minimum atomic E-state index is 0.681. The zero-order valence-corrected chi connectivity index (χ0v) is 12.7. The first-order valence-electron chi connectivity index (χ1n) is 5.88. The smallest absolute Gasteiger partial charge is 0.120 e. The van der Waals surface area contributed by atoms with Gasteiger partial charge in [0.25, 0.3) is 0 Å². The second kappa shape index (κ2) is 6.92. The monoisotopic (exact) mass is 325 g/mol. The van der Waals surface area contributed by atoms with E-state index in [9.17, 15) is 0 Å². The zero-order chi connectivity index (χ0) is 12.8. The molecule has 0 aliphatic carbocycles. The summed E-state index contributed by atoms with van der Waals surface area (Å²) in [5.41, 5.74) is 1.36. The molecular formula is C14H16BrNOS. The van der Waals surface area contributed by atoms with Crippen molar-refractivity contribution in [2.75, 3.05) is 13.2 Å². The summed E-state index contributed by atoms with van der Waals surface area (Å²) in [5, 5.41) is 5.52. The molecule has 1 N–H and O–H groups in total. The molecule has 0 spiro atoms. The summed E-state index contributed by atoms with van der Waals surface area (Å²) in [4.78, 5) is 1.40. The number of benzene rings is 1. The molecule has 0 saturated heterocycles. The minimum Gasteiger partial charge on any atom is -0.492 e. The second-order valence-electron chi connectivity index (χ2n) is 4.01. The van der Waals surface area contributed by atoms with Gasteiger partial charge in [0.1, 0.15) is 12.4 Å². The van der Waals surface area contributed by atoms with Gasteiger partial charge in [0.15, 0.2) is 0 Å². The molecule has 0 amide bonds. The van der Waals surface area contributed by atoms with Crippen LogP contribution in [0.1, 0.15) is 10.4 Å². The molecule has 0 bridgehead atoms. The Kier molecular flexibility index (Phi) is 5.23. The van der Waals surface area contributed by atoms with Crippen molar-refractivity contribution in [1.29, 1.82) is 0 Å². The molecule has 0 aliphatic rings. The lowest BCUT2D eigenvalue weighted by molar-refractivity contribution is 0.313. The number of hydrogen-bond acceptors (Lipinski definition) is 3. The summed E-state index contributed by atoms with van der Waals surface area (Å²) >= 11 is 5.22. The normalized spacial score (nSPS) is 10.6. The van der Waals surface area contributed by atoms with Gasteiger partial charge in [-0.1, -0.05) is 22.0 Å². The fourth-order valence-corrected chi connectivity index (χ4v) is 2.84. The Morgan fingerprint density at radius 1 is 1.33 bits per heavy atom. The van der Waals surface area contributed by atoms with Gasteiger partial charge in [-0.2, -0.15) is 0 Å². The Morgan fingerprint density at radius 3 is 2.94 bits per heavy atom. The lowest BCUT2D eigenvalue weighted by Gasteiger charge is -2.07. The maximum absolute atomic E-state index is 5.65. The fourth-order valence-electron chi connectivity index (χ4n) is 1.58. The molecule has 0 unspecified atom stereocenters. The topological polar surface area (TPSA) is 21.3 Å². The van der Waals surface area contributed by atoms with Crippen LogP contribution in [0.5, 0.6) is 5.75 Å². The molecule has 0 saturated carbocycles. The minimum absolute atomic E-state index is 0.681. The van der Waals surface area contributed by atoms with Crippen LogP contribution in [0.4, 0.5) is 0 Å². The number of halogens is 1. The Bertz CT molecular complexity index is 498. The summed E-state index contributed by atoms with van der Waals surface area (Å²) in [7, 11) is 0. The van der Waals surface area contributed by atoms with E-state index in [0.717, 1.165) is 23.3 Å². The Hall–Kier alpha value is -0.840. The first kappa shape index (κ1) is 13.6. The SMILES string of the molecule is Cc1ccsc1CNCCOc1cccc(Br)c1. The third-order valence-corrected chi connectivity index (χ3v) is 4.11. The summed E-state index contributed by atoms with van der Waals surface area (Å²) in [5.74, 6) is 0.901. The Morgan fingerprint density at radius 2 is 2.22 bits per heavy atom. The molecule has 0 radical (unpaired) electrons. The maximum atomic E-state index is 5.65. The van der Waals surface area contributed by atoms with Crippen molar-refractivity contribution in [3.05, 3.63) is 50.6 Å². The zero-order valence-electron chi connectivity index (χ0n) is 10.3. The molecule has 96 valence electrons. The van der Waals surface area contributed by atoms with Crippen molar-refractivity contribution in [1.82, 2.24) is 5.32 Å². The molecule has 1 heterocycles. The lowest BCUT2D eigenvalue weighted by Crippen LogP contribution is -2.20. The predicted molar refractivity (Wildman–Crippen MR) is 80.4 cm³/mol. The van der Waals surface area contributed by atoms with Crippen molar-refractivity contribution >= 4 is 27.3 Å². The molecule has 2 rings (SSSR count). The van der Waals surface area contributed by atoms with Crippen molar-refractivity contribution in [2.24, 2.45) is 0 Å². The molecule has 18 heavy (non-hydrogen) atoms. The third-order valence-electron chi connectivity index (χ3n) is 2.60. The van der Waals surface area contributed by atoms with Gasteiger partial charge in [0.05, 0.1) is 0 Å². The van der Waals surface area contributed by atoms with E-state index in [0.29, 0.717) is 6.61 Å². The van der Waals surface area contributed by atoms with E-state index >= 15 is 0 Å². The molecule has 2 aromatic rings. The first-order chi connectivity index (χ1) is 8.75. The highest BCUT2D eigenvalue weighted by Gasteiger charge is 1.99. The van der Waals surface area contributed by atoms with Crippen molar-refractivity contribution < 1.29 is 4.74 Å². The van der Waals surface area contributed by atoms with Gasteiger partial charge >= 0.3 is 0 Å². The molecule has 2 nitrogen and oxygen atoms in total. The van der Waals surface area contributed by atoms with Gasteiger partial charge in [-0.15, -0.1) is 11.3 Å². The van der Waals surface area contributed by atoms with E-state index in [2.05, 4.69) is 39.6 Å². The predicted octanol–water partition coefficient (Wildman–Crippen LogP) is 3.99. The maximum Gasteiger partial charge on any atom is 0.120 e. The molecule has 1 aromatic heterocycles. The molecular weight excluding hydrogens is 310 g/mol. The summed E-state index contributed by atoms with van der Waals surface area (Å²) < 4.78 is 6.69. The molecule has 1 aromatic carbocycles. The average molecular weight is 326 g/mol. The van der Waals surface area contributed by atoms with Crippen LogP contribution in [-0.4, -0.2) is 13.2 Å². The van der Waals surface area contributed by atoms with E-state index < -0.39 is 0 Å². The van der Waals surface area contributed by atoms with Gasteiger partial charge < -0.3 is 10.1 Å². The summed E-state index contributed by atoms with van der Waals surface area (Å²) in [6, 6.07) is 10.1. The van der Waals surface area contributed by atoms with Crippen LogP contribution in [-0.2, 0) is 6.54 Å². The van der Waals surface area contributed by atoms with Crippen LogP contribution in [0, 0.1) is 6.92 Å². The highest BCUT2D eigenvalue weighted by molar-refractivity contribution is 9.10. The van der Waals surface area contributed by atoms with Crippen LogP contribution in [0.3, 0.4) is 0 Å². The number of aryl methyl sites for hydroxylation is 1. The second-order valence-corrected chi connectivity index (χ2v) is 5.93. The molecule has 0 aliphatic heterocycles. The highest BCUT2D eigenvalue weighted by Crippen LogP contribution is 2.17. The fraction of sp³-hybridized carbons (Fsp3) is 0.286. The van der Waals surface area contributed by atoms with Crippen LogP contribution in [0.2, 0.25) is 0 Å². The van der Waals surface area contributed by atoms with Crippen molar-refractivity contribution in [3.63, 3.8) is 0 Å². The van der Waals surface area contributed by atoms with Gasteiger partial charge in [0.2, 0.25) is 0 Å². The van der Waals surface area contributed by atoms with Crippen LogP contribution < -0.4 is 10.1 Å². The van der Waals surface area contributed by atoms with Crippen molar-refractivity contribution in [3.8, 4) is 5.75 Å². The van der Waals surface area contributed by atoms with Crippen molar-refractivity contribution in [2.45, 2.75) is 13.5 Å². The van der Waals surface area contributed by atoms with Gasteiger partial charge in [-0.05, 0) is 42.1 Å². The number of rotatable bonds is 6. The number of ether oxygens (including phenoxy) is 1. The summed E-state index contributed by atoms with van der Waals surface area (Å²) in [6.07, 6.45) is 0. The van der Waals surface area contributed by atoms with E-state index in [1.807, 2.05) is 24.3 Å². The van der Waals surface area contributed by atoms with Gasteiger partial charge in [-0.3, -0.25) is 0 Å². The standard InChI is InChI=1S/C14H16BrNOS/c1-11-5-8-18-14(11)10-16-6-7-17-13-4-2-3-12(15)9-13/h2-5,8-9,16H,6-7,10H2,1H3. The molecule has 0 atom stereocenters. The van der Waals surface area contributed by atoms with Gasteiger partial charge in [0, 0.05) is 22.4 Å². The number of hydrogen-bond donors (Lipinski definition) is 1. The largest absolute Gasteiger partial charge is 0.492 e. The first-order valence-corrected chi connectivity index (χ1v) is 7.55. The third kappa shape index (κ3) is 4.12. The summed E-state index contributed by atoms with van der Waals surface area (Å²) in [6.45, 7) is 4.60. The molecule has 4 heteroatoms. The Labute approximate surface area is 120 Å². The van der Waals surface area contributed by atoms with E-state index in [-0.39, 0.29) is 0 Å². The quantitative estimate of drug-likeness (QED) is 0.811. The Balaban J connectivity index is 1.66. The lowest BCUT2D eigenvalue weighted by atomic mass is 10.3. The van der Waals surface area contributed by atoms with E-state index in [4.69, 9.17) is 4.74 Å². The van der Waals surface area contributed by atoms with E-state index in [1.165, 1.54) is 10.4 Å². The number of nitrogens with one attached hydrogen (secondary N) is 1. The van der Waals surface area contributed by atoms with Crippen LogP contribution >= 0.6 is 27.3 Å². The van der Waals surface area contributed by atoms with Crippen LogP contribution in [0.25, 0.3) is 0 Å². The average Bonchev–Trinajstić information content (AvgIpc) is 2.75. The van der Waals surface area contributed by atoms with E-state index in [1.54, 1.807) is 11.3 Å². The van der Waals surface area contributed by atoms with Gasteiger partial charge in [-0.25, -0.2) is 0 Å².